The number of aromatic nitrogens is 4. The first kappa shape index (κ1) is 14.2. The lowest BCUT2D eigenvalue weighted by molar-refractivity contribution is -0.136. The first-order chi connectivity index (χ1) is 10.3. The van der Waals surface area contributed by atoms with Crippen molar-refractivity contribution in [3.05, 3.63) is 35.9 Å². The van der Waals surface area contributed by atoms with E-state index in [0.29, 0.717) is 0 Å². The summed E-state index contributed by atoms with van der Waals surface area (Å²) in [5, 5.41) is 4.03. The number of hydrogen-bond donors (Lipinski definition) is 1. The average molecular weight is 311 g/mol. The number of rotatable bonds is 1. The number of nitrogens with two attached hydrogens (primary N) is 1. The van der Waals surface area contributed by atoms with Gasteiger partial charge in [0.2, 0.25) is 5.95 Å². The highest BCUT2D eigenvalue weighted by molar-refractivity contribution is 5.87. The zero-order chi connectivity index (χ0) is 16.1. The summed E-state index contributed by atoms with van der Waals surface area (Å²) in [5.74, 6) is -1.08. The van der Waals surface area contributed by atoms with E-state index in [4.69, 9.17) is 5.73 Å². The highest BCUT2D eigenvalue weighted by Gasteiger charge is 2.34. The second kappa shape index (κ2) is 4.65. The fourth-order valence-corrected chi connectivity index (χ4v) is 2.19. The molecule has 0 saturated heterocycles. The molecule has 0 aliphatic heterocycles. The molecule has 0 radical (unpaired) electrons. The Hall–Kier alpha value is -2.71. The van der Waals surface area contributed by atoms with E-state index in [1.807, 2.05) is 0 Å². The van der Waals surface area contributed by atoms with Gasteiger partial charge in [-0.2, -0.15) is 18.3 Å². The van der Waals surface area contributed by atoms with Gasteiger partial charge in [-0.1, -0.05) is 0 Å². The van der Waals surface area contributed by atoms with E-state index in [9.17, 15) is 17.6 Å². The Bertz CT molecular complexity index is 869. The third-order valence-corrected chi connectivity index (χ3v) is 3.06. The van der Waals surface area contributed by atoms with Crippen LogP contribution < -0.4 is 5.73 Å². The minimum absolute atomic E-state index is 0.0422. The summed E-state index contributed by atoms with van der Waals surface area (Å²) in [5.41, 5.74) is 3.88. The maximum absolute atomic E-state index is 13.8. The quantitative estimate of drug-likeness (QED) is 0.702. The maximum atomic E-state index is 13.8. The van der Waals surface area contributed by atoms with E-state index in [1.54, 1.807) is 0 Å². The van der Waals surface area contributed by atoms with Crippen molar-refractivity contribution in [2.45, 2.75) is 6.18 Å². The smallest absolute Gasteiger partial charge is 0.368 e. The zero-order valence-electron chi connectivity index (χ0n) is 11.2. The van der Waals surface area contributed by atoms with Gasteiger partial charge in [0.25, 0.3) is 0 Å². The Morgan fingerprint density at radius 1 is 1.23 bits per heavy atom. The summed E-state index contributed by atoms with van der Waals surface area (Å²) >= 11 is 0. The number of nitrogen functional groups attached to an aromatic ring is 1. The number of nitrogens with zero attached hydrogens (tertiary/aromatic N) is 4. The van der Waals surface area contributed by atoms with Gasteiger partial charge in [0.15, 0.2) is 5.82 Å². The SMILES string of the molecule is Cn1cc2cc(-c3nc(N)ncc3F)cc(C(F)(F)F)c2n1. The Labute approximate surface area is 121 Å². The van der Waals surface area contributed by atoms with Crippen LogP contribution in [0.2, 0.25) is 0 Å². The molecule has 0 amide bonds. The van der Waals surface area contributed by atoms with Gasteiger partial charge in [-0.05, 0) is 12.1 Å². The van der Waals surface area contributed by atoms with Gasteiger partial charge in [0.1, 0.15) is 11.2 Å². The maximum Gasteiger partial charge on any atom is 0.418 e. The second-order valence-electron chi connectivity index (χ2n) is 4.69. The molecule has 114 valence electrons. The zero-order valence-corrected chi connectivity index (χ0v) is 11.2. The first-order valence-corrected chi connectivity index (χ1v) is 6.08. The molecule has 0 unspecified atom stereocenters. The third kappa shape index (κ3) is 2.34. The number of anilines is 1. The van der Waals surface area contributed by atoms with Crippen LogP contribution in [0.25, 0.3) is 22.2 Å². The molecular weight excluding hydrogens is 302 g/mol. The largest absolute Gasteiger partial charge is 0.418 e. The molecule has 0 bridgehead atoms. The Morgan fingerprint density at radius 2 is 1.95 bits per heavy atom. The molecule has 2 N–H and O–H groups in total. The van der Waals surface area contributed by atoms with Crippen molar-refractivity contribution in [1.29, 1.82) is 0 Å². The molecule has 2 aromatic heterocycles. The van der Waals surface area contributed by atoms with Gasteiger partial charge in [0.05, 0.1) is 11.8 Å². The molecule has 22 heavy (non-hydrogen) atoms. The monoisotopic (exact) mass is 311 g/mol. The van der Waals surface area contributed by atoms with E-state index < -0.39 is 17.6 Å². The van der Waals surface area contributed by atoms with Crippen LogP contribution in [0.4, 0.5) is 23.5 Å². The van der Waals surface area contributed by atoms with Crippen molar-refractivity contribution in [2.24, 2.45) is 7.05 Å². The molecule has 5 nitrogen and oxygen atoms in total. The molecule has 0 saturated carbocycles. The van der Waals surface area contributed by atoms with E-state index >= 15 is 0 Å². The number of halogens is 4. The summed E-state index contributed by atoms with van der Waals surface area (Å²) in [6.07, 6.45) is -2.40. The van der Waals surface area contributed by atoms with Gasteiger partial charge >= 0.3 is 6.18 Å². The summed E-state index contributed by atoms with van der Waals surface area (Å²) in [7, 11) is 1.50. The number of aryl methyl sites for hydroxylation is 1. The highest BCUT2D eigenvalue weighted by atomic mass is 19.4. The van der Waals surface area contributed by atoms with Crippen molar-refractivity contribution in [3.8, 4) is 11.3 Å². The number of alkyl halides is 3. The molecule has 9 heteroatoms. The molecule has 1 aromatic carbocycles. The topological polar surface area (TPSA) is 69.6 Å². The molecular formula is C13H9F4N5. The van der Waals surface area contributed by atoms with Gasteiger partial charge in [-0.3, -0.25) is 4.68 Å². The summed E-state index contributed by atoms with van der Waals surface area (Å²) < 4.78 is 54.7. The second-order valence-corrected chi connectivity index (χ2v) is 4.69. The fourth-order valence-electron chi connectivity index (χ4n) is 2.19. The van der Waals surface area contributed by atoms with Crippen molar-refractivity contribution in [1.82, 2.24) is 19.7 Å². The van der Waals surface area contributed by atoms with E-state index in [0.717, 1.165) is 12.3 Å². The van der Waals surface area contributed by atoms with Crippen molar-refractivity contribution in [2.75, 3.05) is 5.73 Å². The molecule has 3 aromatic rings. The van der Waals surface area contributed by atoms with Gasteiger partial charge in [-0.25, -0.2) is 14.4 Å². The van der Waals surface area contributed by atoms with Gasteiger partial charge in [-0.15, -0.1) is 0 Å². The molecule has 3 rings (SSSR count). The molecule has 2 heterocycles. The third-order valence-electron chi connectivity index (χ3n) is 3.06. The predicted molar refractivity (Wildman–Crippen MR) is 71.1 cm³/mol. The number of fused-ring (bicyclic) bond motifs is 1. The van der Waals surface area contributed by atoms with E-state index in [2.05, 4.69) is 15.1 Å². The molecule has 0 spiro atoms. The van der Waals surface area contributed by atoms with Crippen LogP contribution in [0.3, 0.4) is 0 Å². The van der Waals surface area contributed by atoms with Crippen LogP contribution in [-0.4, -0.2) is 19.7 Å². The fraction of sp³-hybridized carbons (Fsp3) is 0.154. The number of benzene rings is 1. The molecule has 0 atom stereocenters. The van der Waals surface area contributed by atoms with E-state index in [1.165, 1.54) is 24.0 Å². The molecule has 0 aliphatic rings. The van der Waals surface area contributed by atoms with E-state index in [-0.39, 0.29) is 28.1 Å². The Kier molecular flexibility index (Phi) is 3.01. The van der Waals surface area contributed by atoms with Crippen LogP contribution in [0.1, 0.15) is 5.56 Å². The summed E-state index contributed by atoms with van der Waals surface area (Å²) in [6, 6.07) is 2.18. The van der Waals surface area contributed by atoms with Crippen molar-refractivity contribution < 1.29 is 17.6 Å². The highest BCUT2D eigenvalue weighted by Crippen LogP contribution is 2.37. The Balaban J connectivity index is 2.34. The predicted octanol–water partition coefficient (Wildman–Crippen LogP) is 2.77. The summed E-state index contributed by atoms with van der Waals surface area (Å²) in [4.78, 5) is 7.13. The number of hydrogen-bond acceptors (Lipinski definition) is 4. The van der Waals surface area contributed by atoms with Crippen molar-refractivity contribution >= 4 is 16.9 Å². The standard InChI is InChI=1S/C13H9F4N5/c1-22-5-7-2-6(11-9(14)4-19-12(18)20-11)3-8(10(7)21-22)13(15,16)17/h2-5H,1H3,(H2,18,19,20). The van der Waals surface area contributed by atoms with Gasteiger partial charge in [0, 0.05) is 24.2 Å². The molecule has 0 fully saturated rings. The lowest BCUT2D eigenvalue weighted by Crippen LogP contribution is -2.07. The summed E-state index contributed by atoms with van der Waals surface area (Å²) in [6.45, 7) is 0. The normalized spacial score (nSPS) is 12.0. The average Bonchev–Trinajstić information content (AvgIpc) is 2.79. The van der Waals surface area contributed by atoms with Crippen LogP contribution >= 0.6 is 0 Å². The van der Waals surface area contributed by atoms with Gasteiger partial charge < -0.3 is 5.73 Å². The van der Waals surface area contributed by atoms with Crippen LogP contribution in [-0.2, 0) is 13.2 Å². The lowest BCUT2D eigenvalue weighted by Gasteiger charge is -2.10. The first-order valence-electron chi connectivity index (χ1n) is 6.08. The van der Waals surface area contributed by atoms with Crippen LogP contribution in [0, 0.1) is 5.82 Å². The van der Waals surface area contributed by atoms with Crippen LogP contribution in [0.5, 0.6) is 0 Å². The minimum Gasteiger partial charge on any atom is -0.368 e. The minimum atomic E-state index is -4.63. The Morgan fingerprint density at radius 3 is 2.64 bits per heavy atom. The van der Waals surface area contributed by atoms with Crippen molar-refractivity contribution in [3.63, 3.8) is 0 Å². The van der Waals surface area contributed by atoms with Crippen LogP contribution in [0.15, 0.2) is 24.5 Å². The molecule has 0 aliphatic carbocycles. The lowest BCUT2D eigenvalue weighted by atomic mass is 10.0.